The second-order valence-electron chi connectivity index (χ2n) is 4.45. The standard InChI is InChI=1S/C15H15FN4/c1-3-6-18-15-11(8-17)7-10(2)14(20-15)13-5-4-12(16)9-19-13/h4-5,7,9H,3,6H2,1-2H3,(H,18,20). The quantitative estimate of drug-likeness (QED) is 0.926. The van der Waals surface area contributed by atoms with Crippen LogP contribution in [0.25, 0.3) is 11.4 Å². The zero-order valence-corrected chi connectivity index (χ0v) is 11.4. The van der Waals surface area contributed by atoms with Crippen LogP contribution in [0, 0.1) is 24.1 Å². The van der Waals surface area contributed by atoms with Gasteiger partial charge in [0.15, 0.2) is 0 Å². The van der Waals surface area contributed by atoms with Crippen molar-refractivity contribution in [1.82, 2.24) is 9.97 Å². The molecule has 0 spiro atoms. The number of aromatic nitrogens is 2. The molecule has 0 atom stereocenters. The van der Waals surface area contributed by atoms with Gasteiger partial charge in [0.1, 0.15) is 17.7 Å². The molecule has 0 amide bonds. The van der Waals surface area contributed by atoms with Gasteiger partial charge < -0.3 is 5.32 Å². The zero-order chi connectivity index (χ0) is 14.5. The lowest BCUT2D eigenvalue weighted by atomic mass is 10.1. The molecule has 5 heteroatoms. The number of rotatable bonds is 4. The Bertz CT molecular complexity index is 644. The molecular weight excluding hydrogens is 255 g/mol. The van der Waals surface area contributed by atoms with Gasteiger partial charge in [0.05, 0.1) is 23.1 Å². The van der Waals surface area contributed by atoms with Crippen molar-refractivity contribution in [2.45, 2.75) is 20.3 Å². The number of halogens is 1. The molecule has 0 aliphatic rings. The molecule has 0 radical (unpaired) electrons. The third kappa shape index (κ3) is 2.91. The number of anilines is 1. The van der Waals surface area contributed by atoms with Crippen molar-refractivity contribution in [2.24, 2.45) is 0 Å². The van der Waals surface area contributed by atoms with Gasteiger partial charge in [-0.3, -0.25) is 4.98 Å². The fourth-order valence-corrected chi connectivity index (χ4v) is 1.85. The summed E-state index contributed by atoms with van der Waals surface area (Å²) in [6, 6.07) is 6.83. The second kappa shape index (κ2) is 6.11. The van der Waals surface area contributed by atoms with Gasteiger partial charge in [-0.25, -0.2) is 9.37 Å². The van der Waals surface area contributed by atoms with Gasteiger partial charge in [0.2, 0.25) is 0 Å². The molecule has 0 unspecified atom stereocenters. The van der Waals surface area contributed by atoms with Gasteiger partial charge in [-0.2, -0.15) is 5.26 Å². The SMILES string of the molecule is CCCNc1nc(-c2ccc(F)cn2)c(C)cc1C#N. The number of nitrogens with one attached hydrogen (secondary N) is 1. The summed E-state index contributed by atoms with van der Waals surface area (Å²) < 4.78 is 12.9. The number of hydrogen-bond acceptors (Lipinski definition) is 4. The summed E-state index contributed by atoms with van der Waals surface area (Å²) in [7, 11) is 0. The van der Waals surface area contributed by atoms with Crippen LogP contribution in [0.2, 0.25) is 0 Å². The molecule has 0 saturated heterocycles. The Balaban J connectivity index is 2.48. The maximum absolute atomic E-state index is 12.9. The number of pyridine rings is 2. The van der Waals surface area contributed by atoms with Crippen LogP contribution in [-0.4, -0.2) is 16.5 Å². The molecule has 0 aliphatic heterocycles. The third-order valence-corrected chi connectivity index (χ3v) is 2.85. The van der Waals surface area contributed by atoms with Crippen molar-refractivity contribution in [1.29, 1.82) is 5.26 Å². The number of aryl methyl sites for hydroxylation is 1. The van der Waals surface area contributed by atoms with Crippen molar-refractivity contribution in [3.63, 3.8) is 0 Å². The molecule has 2 rings (SSSR count). The summed E-state index contributed by atoms with van der Waals surface area (Å²) in [5.41, 5.74) is 2.58. The first-order valence-electron chi connectivity index (χ1n) is 6.43. The maximum atomic E-state index is 12.9. The van der Waals surface area contributed by atoms with Gasteiger partial charge in [-0.1, -0.05) is 6.92 Å². The summed E-state index contributed by atoms with van der Waals surface area (Å²) in [6.45, 7) is 4.63. The van der Waals surface area contributed by atoms with Gasteiger partial charge in [-0.05, 0) is 37.1 Å². The molecule has 0 aliphatic carbocycles. The van der Waals surface area contributed by atoms with E-state index in [-0.39, 0.29) is 5.82 Å². The molecule has 2 aromatic heterocycles. The van der Waals surface area contributed by atoms with Crippen LogP contribution in [0.3, 0.4) is 0 Å². The Labute approximate surface area is 117 Å². The van der Waals surface area contributed by atoms with E-state index in [2.05, 4.69) is 21.4 Å². The molecule has 0 bridgehead atoms. The van der Waals surface area contributed by atoms with Crippen LogP contribution in [-0.2, 0) is 0 Å². The summed E-state index contributed by atoms with van der Waals surface area (Å²) in [5.74, 6) is 0.158. The summed E-state index contributed by atoms with van der Waals surface area (Å²) in [5, 5.41) is 12.3. The van der Waals surface area contributed by atoms with Crippen LogP contribution >= 0.6 is 0 Å². The Morgan fingerprint density at radius 1 is 1.40 bits per heavy atom. The van der Waals surface area contributed by atoms with Crippen LogP contribution < -0.4 is 5.32 Å². The van der Waals surface area contributed by atoms with Crippen LogP contribution in [0.15, 0.2) is 24.4 Å². The molecule has 0 fully saturated rings. The average molecular weight is 270 g/mol. The molecule has 0 aromatic carbocycles. The van der Waals surface area contributed by atoms with Crippen molar-refractivity contribution in [3.8, 4) is 17.5 Å². The number of nitrogens with zero attached hydrogens (tertiary/aromatic N) is 3. The summed E-state index contributed by atoms with van der Waals surface area (Å²) in [6.07, 6.45) is 2.10. The van der Waals surface area contributed by atoms with E-state index in [4.69, 9.17) is 5.26 Å². The van der Waals surface area contributed by atoms with Crippen LogP contribution in [0.4, 0.5) is 10.2 Å². The first kappa shape index (κ1) is 13.9. The summed E-state index contributed by atoms with van der Waals surface area (Å²) in [4.78, 5) is 8.50. The number of nitriles is 1. The molecule has 1 N–H and O–H groups in total. The van der Waals surface area contributed by atoms with Gasteiger partial charge in [0.25, 0.3) is 0 Å². The van der Waals surface area contributed by atoms with Gasteiger partial charge in [0, 0.05) is 6.54 Å². The van der Waals surface area contributed by atoms with Crippen molar-refractivity contribution in [3.05, 3.63) is 41.3 Å². The lowest BCUT2D eigenvalue weighted by molar-refractivity contribution is 0.622. The minimum atomic E-state index is -0.385. The predicted molar refractivity (Wildman–Crippen MR) is 75.7 cm³/mol. The van der Waals surface area contributed by atoms with Crippen molar-refractivity contribution < 1.29 is 4.39 Å². The van der Waals surface area contributed by atoms with Gasteiger partial charge in [-0.15, -0.1) is 0 Å². The Morgan fingerprint density at radius 3 is 2.80 bits per heavy atom. The molecule has 2 aromatic rings. The lowest BCUT2D eigenvalue weighted by Crippen LogP contribution is -2.06. The minimum Gasteiger partial charge on any atom is -0.369 e. The fourth-order valence-electron chi connectivity index (χ4n) is 1.85. The largest absolute Gasteiger partial charge is 0.369 e. The highest BCUT2D eigenvalue weighted by molar-refractivity contribution is 5.65. The molecular formula is C15H15FN4. The lowest BCUT2D eigenvalue weighted by Gasteiger charge is -2.11. The molecule has 2 heterocycles. The van der Waals surface area contributed by atoms with E-state index in [9.17, 15) is 4.39 Å². The minimum absolute atomic E-state index is 0.385. The summed E-state index contributed by atoms with van der Waals surface area (Å²) >= 11 is 0. The van der Waals surface area contributed by atoms with E-state index >= 15 is 0 Å². The maximum Gasteiger partial charge on any atom is 0.144 e. The normalized spacial score (nSPS) is 10.1. The molecule has 20 heavy (non-hydrogen) atoms. The van der Waals surface area contributed by atoms with Crippen LogP contribution in [0.5, 0.6) is 0 Å². The average Bonchev–Trinajstić information content (AvgIpc) is 2.46. The monoisotopic (exact) mass is 270 g/mol. The van der Waals surface area contributed by atoms with Crippen molar-refractivity contribution >= 4 is 5.82 Å². The second-order valence-corrected chi connectivity index (χ2v) is 4.45. The van der Waals surface area contributed by atoms with Gasteiger partial charge >= 0.3 is 0 Å². The Hall–Kier alpha value is -2.48. The van der Waals surface area contributed by atoms with E-state index in [0.29, 0.717) is 22.8 Å². The fraction of sp³-hybridized carbons (Fsp3) is 0.267. The predicted octanol–water partition coefficient (Wildman–Crippen LogP) is 3.28. The van der Waals surface area contributed by atoms with Crippen molar-refractivity contribution in [2.75, 3.05) is 11.9 Å². The zero-order valence-electron chi connectivity index (χ0n) is 11.4. The Morgan fingerprint density at radius 2 is 2.20 bits per heavy atom. The number of hydrogen-bond donors (Lipinski definition) is 1. The molecule has 0 saturated carbocycles. The van der Waals surface area contributed by atoms with E-state index in [1.807, 2.05) is 13.8 Å². The first-order chi connectivity index (χ1) is 9.65. The Kier molecular flexibility index (Phi) is 4.26. The smallest absolute Gasteiger partial charge is 0.144 e. The highest BCUT2D eigenvalue weighted by Crippen LogP contribution is 2.24. The molecule has 102 valence electrons. The molecule has 4 nitrogen and oxygen atoms in total. The highest BCUT2D eigenvalue weighted by atomic mass is 19.1. The van der Waals surface area contributed by atoms with E-state index in [0.717, 1.165) is 24.7 Å². The van der Waals surface area contributed by atoms with E-state index < -0.39 is 0 Å². The van der Waals surface area contributed by atoms with E-state index in [1.54, 1.807) is 12.1 Å². The topological polar surface area (TPSA) is 61.6 Å². The van der Waals surface area contributed by atoms with E-state index in [1.165, 1.54) is 6.07 Å². The first-order valence-corrected chi connectivity index (χ1v) is 6.43. The highest BCUT2D eigenvalue weighted by Gasteiger charge is 2.11. The van der Waals surface area contributed by atoms with Crippen LogP contribution in [0.1, 0.15) is 24.5 Å². The third-order valence-electron chi connectivity index (χ3n) is 2.85.